The molecule has 0 spiro atoms. The highest BCUT2D eigenvalue weighted by molar-refractivity contribution is 6.00. The Kier molecular flexibility index (Phi) is 7.15. The fourth-order valence-electron chi connectivity index (χ4n) is 3.63. The number of benzene rings is 1. The third-order valence-electron chi connectivity index (χ3n) is 5.49. The summed E-state index contributed by atoms with van der Waals surface area (Å²) in [6.45, 7) is 2.97. The number of fused-ring (bicyclic) bond motifs is 1. The first kappa shape index (κ1) is 26.7. The maximum absolute atomic E-state index is 13.1. The molecule has 3 heterocycles. The van der Waals surface area contributed by atoms with Gasteiger partial charge in [0, 0.05) is 30.9 Å². The van der Waals surface area contributed by atoms with Gasteiger partial charge in [0.05, 0.1) is 11.9 Å². The molecule has 1 aliphatic heterocycles. The molecule has 0 saturated carbocycles. The molecular formula is C26H24F3N5O4. The van der Waals surface area contributed by atoms with Crippen LogP contribution < -0.4 is 15.0 Å². The molecule has 2 aromatic heterocycles. The van der Waals surface area contributed by atoms with E-state index in [9.17, 15) is 27.9 Å². The lowest BCUT2D eigenvalue weighted by Crippen LogP contribution is -2.50. The number of carbonyl (C=O) groups excluding carboxylic acids is 2. The molecule has 9 nitrogen and oxygen atoms in total. The largest absolute Gasteiger partial charge is 0.489 e. The summed E-state index contributed by atoms with van der Waals surface area (Å²) >= 11 is 0. The predicted octanol–water partition coefficient (Wildman–Crippen LogP) is 2.99. The number of halogens is 3. The van der Waals surface area contributed by atoms with Crippen molar-refractivity contribution in [3.05, 3.63) is 71.3 Å². The summed E-state index contributed by atoms with van der Waals surface area (Å²) in [6, 6.07) is 6.83. The number of pyridine rings is 1. The van der Waals surface area contributed by atoms with Crippen molar-refractivity contribution in [3.63, 3.8) is 0 Å². The van der Waals surface area contributed by atoms with Crippen LogP contribution in [0.3, 0.4) is 0 Å². The molecule has 12 heteroatoms. The first-order chi connectivity index (χ1) is 17.8. The Hall–Kier alpha value is -4.37. The van der Waals surface area contributed by atoms with Crippen LogP contribution in [0.5, 0.6) is 5.75 Å². The Morgan fingerprint density at radius 3 is 2.74 bits per heavy atom. The zero-order valence-electron chi connectivity index (χ0n) is 20.7. The lowest BCUT2D eigenvalue weighted by Gasteiger charge is -2.20. The second-order valence-electron chi connectivity index (χ2n) is 9.18. The van der Waals surface area contributed by atoms with Crippen molar-refractivity contribution in [3.8, 4) is 17.6 Å². The van der Waals surface area contributed by atoms with Gasteiger partial charge in [0.25, 0.3) is 5.91 Å². The van der Waals surface area contributed by atoms with Crippen molar-refractivity contribution in [2.75, 3.05) is 18.6 Å². The summed E-state index contributed by atoms with van der Waals surface area (Å²) in [7, 11) is 1.54. The van der Waals surface area contributed by atoms with E-state index in [0.717, 1.165) is 10.7 Å². The van der Waals surface area contributed by atoms with Gasteiger partial charge in [-0.2, -0.15) is 23.0 Å². The van der Waals surface area contributed by atoms with Gasteiger partial charge in [-0.05, 0) is 49.7 Å². The SMILES string of the molecule is CN1C(=O)[C@@H](NC(=O)n2cc(Cc3cccc(C(F)(F)F)n3)cn2)COc2ccc(C#CC(C)(C)O)cc21. The number of anilines is 1. The minimum Gasteiger partial charge on any atom is -0.489 e. The number of nitrogens with zero attached hydrogens (tertiary/aromatic N) is 4. The van der Waals surface area contributed by atoms with E-state index in [-0.39, 0.29) is 18.7 Å². The molecule has 2 N–H and O–H groups in total. The van der Waals surface area contributed by atoms with Gasteiger partial charge in [-0.3, -0.25) is 4.79 Å². The van der Waals surface area contributed by atoms with Crippen LogP contribution in [0.4, 0.5) is 23.7 Å². The van der Waals surface area contributed by atoms with E-state index in [1.807, 2.05) is 0 Å². The van der Waals surface area contributed by atoms with Gasteiger partial charge in [-0.1, -0.05) is 17.9 Å². The molecule has 2 amide bonds. The Morgan fingerprint density at radius 1 is 1.26 bits per heavy atom. The van der Waals surface area contributed by atoms with Crippen LogP contribution in [0.25, 0.3) is 0 Å². The van der Waals surface area contributed by atoms with Crippen LogP contribution in [0.15, 0.2) is 48.8 Å². The van der Waals surface area contributed by atoms with E-state index >= 15 is 0 Å². The second-order valence-corrected chi connectivity index (χ2v) is 9.18. The number of nitrogens with one attached hydrogen (secondary N) is 1. The number of amides is 2. The Balaban J connectivity index is 1.45. The fourth-order valence-corrected chi connectivity index (χ4v) is 3.63. The minimum atomic E-state index is -4.56. The van der Waals surface area contributed by atoms with E-state index in [0.29, 0.717) is 22.6 Å². The summed E-state index contributed by atoms with van der Waals surface area (Å²) in [5.74, 6) is 5.54. The zero-order chi connectivity index (χ0) is 27.7. The van der Waals surface area contributed by atoms with Gasteiger partial charge in [0.1, 0.15) is 29.7 Å². The van der Waals surface area contributed by atoms with Crippen molar-refractivity contribution >= 4 is 17.6 Å². The first-order valence-corrected chi connectivity index (χ1v) is 11.5. The molecule has 1 aromatic carbocycles. The van der Waals surface area contributed by atoms with E-state index < -0.39 is 35.5 Å². The van der Waals surface area contributed by atoms with Gasteiger partial charge in [0.2, 0.25) is 0 Å². The van der Waals surface area contributed by atoms with Crippen molar-refractivity contribution in [1.29, 1.82) is 0 Å². The zero-order valence-corrected chi connectivity index (χ0v) is 20.7. The number of aliphatic hydroxyl groups is 1. The van der Waals surface area contributed by atoms with Gasteiger partial charge in [-0.15, -0.1) is 0 Å². The highest BCUT2D eigenvalue weighted by Crippen LogP contribution is 2.31. The molecule has 38 heavy (non-hydrogen) atoms. The summed E-state index contributed by atoms with van der Waals surface area (Å²) in [5, 5.41) is 16.4. The quantitative estimate of drug-likeness (QED) is 0.507. The van der Waals surface area contributed by atoms with Crippen molar-refractivity contribution in [2.24, 2.45) is 0 Å². The van der Waals surface area contributed by atoms with Gasteiger partial charge >= 0.3 is 12.2 Å². The molecule has 0 radical (unpaired) electrons. The highest BCUT2D eigenvalue weighted by Gasteiger charge is 2.33. The number of aromatic nitrogens is 3. The summed E-state index contributed by atoms with van der Waals surface area (Å²) < 4.78 is 45.5. The third-order valence-corrected chi connectivity index (χ3v) is 5.49. The molecule has 0 aliphatic carbocycles. The average molecular weight is 528 g/mol. The number of hydrogen-bond acceptors (Lipinski definition) is 6. The van der Waals surface area contributed by atoms with Crippen LogP contribution >= 0.6 is 0 Å². The molecule has 0 unspecified atom stereocenters. The van der Waals surface area contributed by atoms with Crippen molar-refractivity contribution < 1.29 is 32.6 Å². The third kappa shape index (κ3) is 6.30. The highest BCUT2D eigenvalue weighted by atomic mass is 19.4. The Bertz CT molecular complexity index is 1430. The topological polar surface area (TPSA) is 110 Å². The van der Waals surface area contributed by atoms with Gasteiger partial charge in [0.15, 0.2) is 0 Å². The Labute approximate surface area is 216 Å². The number of likely N-dealkylation sites (N-methyl/N-ethyl adjacent to an activating group) is 1. The number of alkyl halides is 3. The Morgan fingerprint density at radius 2 is 2.03 bits per heavy atom. The fraction of sp³-hybridized carbons (Fsp3) is 0.308. The first-order valence-electron chi connectivity index (χ1n) is 11.5. The van der Waals surface area contributed by atoms with E-state index in [4.69, 9.17) is 4.74 Å². The normalized spacial score (nSPS) is 15.6. The molecule has 0 bridgehead atoms. The smallest absolute Gasteiger partial charge is 0.433 e. The van der Waals surface area contributed by atoms with E-state index in [1.165, 1.54) is 36.5 Å². The van der Waals surface area contributed by atoms with Crippen LogP contribution in [0.1, 0.15) is 36.4 Å². The van der Waals surface area contributed by atoms with Gasteiger partial charge in [-0.25, -0.2) is 9.78 Å². The summed E-state index contributed by atoms with van der Waals surface area (Å²) in [6.07, 6.45) is -1.85. The van der Waals surface area contributed by atoms with Gasteiger partial charge < -0.3 is 20.1 Å². The van der Waals surface area contributed by atoms with Crippen molar-refractivity contribution in [2.45, 2.75) is 38.1 Å². The maximum atomic E-state index is 13.1. The summed E-state index contributed by atoms with van der Waals surface area (Å²) in [4.78, 5) is 30.8. The average Bonchev–Trinajstić information content (AvgIpc) is 3.28. The molecule has 1 atom stereocenters. The monoisotopic (exact) mass is 527 g/mol. The molecule has 0 fully saturated rings. The number of rotatable bonds is 3. The van der Waals surface area contributed by atoms with E-state index in [1.54, 1.807) is 32.0 Å². The predicted molar refractivity (Wildman–Crippen MR) is 131 cm³/mol. The van der Waals surface area contributed by atoms with Crippen LogP contribution in [-0.4, -0.2) is 57.1 Å². The molecule has 4 rings (SSSR count). The van der Waals surface area contributed by atoms with E-state index in [2.05, 4.69) is 27.2 Å². The van der Waals surface area contributed by atoms with Crippen LogP contribution in [0.2, 0.25) is 0 Å². The molecule has 1 aliphatic rings. The molecule has 198 valence electrons. The number of hydrogen-bond donors (Lipinski definition) is 2. The number of ether oxygens (including phenoxy) is 1. The molecule has 3 aromatic rings. The second kappa shape index (κ2) is 10.2. The van der Waals surface area contributed by atoms with Crippen LogP contribution in [-0.2, 0) is 17.4 Å². The number of carbonyl (C=O) groups is 2. The van der Waals surface area contributed by atoms with Crippen LogP contribution in [0, 0.1) is 11.8 Å². The minimum absolute atomic E-state index is 0.0272. The lowest BCUT2D eigenvalue weighted by molar-refractivity contribution is -0.141. The standard InChI is InChI=1S/C26H24F3N5O4/c1-25(2,37)10-9-16-7-8-21-20(12-16)33(3)23(35)19(15-38-21)32-24(36)34-14-17(13-30-34)11-18-5-4-6-22(31-18)26(27,28)29/h4-8,12-14,19,37H,11,15H2,1-3H3,(H,32,36)/t19-/m0/s1. The maximum Gasteiger partial charge on any atom is 0.433 e. The lowest BCUT2D eigenvalue weighted by atomic mass is 10.1. The molecular weight excluding hydrogens is 503 g/mol. The summed E-state index contributed by atoms with van der Waals surface area (Å²) in [5.41, 5.74) is -0.553. The molecule has 0 saturated heterocycles. The van der Waals surface area contributed by atoms with Crippen molar-refractivity contribution in [1.82, 2.24) is 20.1 Å².